The number of H-pyrrole nitrogens is 1. The number of imidazole rings is 1. The van der Waals surface area contributed by atoms with Crippen LogP contribution in [0.25, 0.3) is 11.4 Å². The van der Waals surface area contributed by atoms with Crippen molar-refractivity contribution in [1.82, 2.24) is 4.98 Å². The van der Waals surface area contributed by atoms with E-state index in [1.165, 1.54) is 6.34 Å². The largest absolute Gasteiger partial charge is 0.491 e. The first-order valence-electron chi connectivity index (χ1n) is 8.86. The van der Waals surface area contributed by atoms with Crippen molar-refractivity contribution in [2.75, 3.05) is 6.61 Å². The standard InChI is InChI=1S/C19H25N5O2/c1-12(2)22-18(21-11-20)16-10-24-7-8-25-17-9-14(26-13(3)4)5-6-15(17)19(24)23-16/h5-6,9-13H,7-8H2,1-4H3,(H2,20,21,22)/p+1. The molecule has 2 aromatic rings. The summed E-state index contributed by atoms with van der Waals surface area (Å²) in [4.78, 5) is 12.2. The van der Waals surface area contributed by atoms with Crippen molar-refractivity contribution < 1.29 is 14.0 Å². The van der Waals surface area contributed by atoms with Gasteiger partial charge in [-0.2, -0.15) is 0 Å². The van der Waals surface area contributed by atoms with Gasteiger partial charge >= 0.3 is 0 Å². The molecule has 7 nitrogen and oxygen atoms in total. The summed E-state index contributed by atoms with van der Waals surface area (Å²) in [5.41, 5.74) is 7.30. The summed E-state index contributed by atoms with van der Waals surface area (Å²) in [6.07, 6.45) is 3.38. The third kappa shape index (κ3) is 3.87. The van der Waals surface area contributed by atoms with Crippen molar-refractivity contribution >= 4 is 12.2 Å². The molecule has 0 unspecified atom stereocenters. The van der Waals surface area contributed by atoms with Crippen LogP contribution in [-0.4, -0.2) is 35.9 Å². The molecule has 0 radical (unpaired) electrons. The lowest BCUT2D eigenvalue weighted by atomic mass is 10.2. The van der Waals surface area contributed by atoms with Gasteiger partial charge in [0.25, 0.3) is 5.82 Å². The van der Waals surface area contributed by atoms with Crippen LogP contribution in [0, 0.1) is 0 Å². The minimum absolute atomic E-state index is 0.116. The molecule has 1 aliphatic heterocycles. The van der Waals surface area contributed by atoms with E-state index in [0.717, 1.165) is 35.1 Å². The summed E-state index contributed by atoms with van der Waals surface area (Å²) >= 11 is 0. The molecule has 3 rings (SSSR count). The molecule has 26 heavy (non-hydrogen) atoms. The number of hydrogen-bond donors (Lipinski definition) is 2. The van der Waals surface area contributed by atoms with Crippen molar-refractivity contribution in [3.05, 3.63) is 30.1 Å². The van der Waals surface area contributed by atoms with Gasteiger partial charge in [-0.3, -0.25) is 4.99 Å². The Kier molecular flexibility index (Phi) is 5.25. The van der Waals surface area contributed by atoms with Crippen molar-refractivity contribution in [2.24, 2.45) is 15.7 Å². The number of nitrogens with two attached hydrogens (primary N) is 1. The van der Waals surface area contributed by atoms with Crippen molar-refractivity contribution in [3.8, 4) is 22.9 Å². The Morgan fingerprint density at radius 1 is 1.35 bits per heavy atom. The number of benzene rings is 1. The van der Waals surface area contributed by atoms with E-state index >= 15 is 0 Å². The lowest BCUT2D eigenvalue weighted by molar-refractivity contribution is -0.684. The Hall–Kier alpha value is -2.83. The van der Waals surface area contributed by atoms with Gasteiger partial charge in [0.2, 0.25) is 11.5 Å². The van der Waals surface area contributed by atoms with E-state index in [9.17, 15) is 0 Å². The van der Waals surface area contributed by atoms with E-state index in [-0.39, 0.29) is 12.1 Å². The number of aromatic amines is 1. The molecule has 0 bridgehead atoms. The van der Waals surface area contributed by atoms with Crippen LogP contribution in [0.1, 0.15) is 33.4 Å². The summed E-state index contributed by atoms with van der Waals surface area (Å²) in [5.74, 6) is 3.14. The highest BCUT2D eigenvalue weighted by Crippen LogP contribution is 2.33. The zero-order chi connectivity index (χ0) is 18.7. The Morgan fingerprint density at radius 2 is 2.15 bits per heavy atom. The summed E-state index contributed by atoms with van der Waals surface area (Å²) in [6, 6.07) is 6.02. The molecule has 2 heterocycles. The average Bonchev–Trinajstić information content (AvgIpc) is 2.90. The highest BCUT2D eigenvalue weighted by atomic mass is 16.5. The first-order chi connectivity index (χ1) is 12.5. The number of fused-ring (bicyclic) bond motifs is 3. The van der Waals surface area contributed by atoms with E-state index in [2.05, 4.69) is 19.5 Å². The molecule has 7 heteroatoms. The van der Waals surface area contributed by atoms with Crippen LogP contribution >= 0.6 is 0 Å². The molecule has 0 spiro atoms. The quantitative estimate of drug-likeness (QED) is 0.500. The Labute approximate surface area is 153 Å². The average molecular weight is 356 g/mol. The van der Waals surface area contributed by atoms with Crippen LogP contribution in [0.2, 0.25) is 0 Å². The number of aliphatic imine (C=N–C) groups is 2. The van der Waals surface area contributed by atoms with Crippen molar-refractivity contribution in [2.45, 2.75) is 46.4 Å². The van der Waals surface area contributed by atoms with Crippen LogP contribution in [0.5, 0.6) is 11.5 Å². The molecular weight excluding hydrogens is 330 g/mol. The highest BCUT2D eigenvalue weighted by molar-refractivity contribution is 6.01. The first-order valence-corrected chi connectivity index (χ1v) is 8.86. The second kappa shape index (κ2) is 7.59. The number of amidine groups is 1. The summed E-state index contributed by atoms with van der Waals surface area (Å²) < 4.78 is 13.8. The second-order valence-electron chi connectivity index (χ2n) is 6.71. The predicted octanol–water partition coefficient (Wildman–Crippen LogP) is 2.29. The second-order valence-corrected chi connectivity index (χ2v) is 6.71. The fraction of sp³-hybridized carbons (Fsp3) is 0.421. The molecule has 0 fully saturated rings. The van der Waals surface area contributed by atoms with Gasteiger partial charge in [0, 0.05) is 12.1 Å². The minimum Gasteiger partial charge on any atom is -0.491 e. The normalized spacial score (nSPS) is 14.3. The van der Waals surface area contributed by atoms with Gasteiger partial charge in [0.1, 0.15) is 36.4 Å². The molecule has 0 saturated heterocycles. The highest BCUT2D eigenvalue weighted by Gasteiger charge is 2.26. The van der Waals surface area contributed by atoms with Crippen LogP contribution < -0.4 is 19.8 Å². The Morgan fingerprint density at radius 3 is 2.85 bits per heavy atom. The predicted molar refractivity (Wildman–Crippen MR) is 102 cm³/mol. The molecule has 0 saturated carbocycles. The van der Waals surface area contributed by atoms with Crippen molar-refractivity contribution in [3.63, 3.8) is 0 Å². The summed E-state index contributed by atoms with van der Waals surface area (Å²) in [7, 11) is 0. The number of rotatable bonds is 4. The molecule has 1 aromatic heterocycles. The molecule has 0 atom stereocenters. The Bertz CT molecular complexity index is 836. The lowest BCUT2D eigenvalue weighted by Gasteiger charge is -2.11. The van der Waals surface area contributed by atoms with E-state index in [0.29, 0.717) is 12.4 Å². The molecule has 1 aromatic carbocycles. The fourth-order valence-corrected chi connectivity index (χ4v) is 2.87. The Balaban J connectivity index is 2.03. The van der Waals surface area contributed by atoms with Gasteiger partial charge in [-0.05, 0) is 39.8 Å². The third-order valence-electron chi connectivity index (χ3n) is 3.81. The van der Waals surface area contributed by atoms with Gasteiger partial charge in [-0.1, -0.05) is 0 Å². The van der Waals surface area contributed by atoms with Crippen molar-refractivity contribution in [1.29, 1.82) is 0 Å². The lowest BCUT2D eigenvalue weighted by Crippen LogP contribution is -2.35. The van der Waals surface area contributed by atoms with Gasteiger partial charge in [0.05, 0.1) is 12.4 Å². The summed E-state index contributed by atoms with van der Waals surface area (Å²) in [6.45, 7) is 9.32. The van der Waals surface area contributed by atoms with E-state index in [4.69, 9.17) is 15.2 Å². The number of aromatic nitrogens is 2. The van der Waals surface area contributed by atoms with E-state index < -0.39 is 0 Å². The van der Waals surface area contributed by atoms with Gasteiger partial charge in [-0.15, -0.1) is 0 Å². The maximum Gasteiger partial charge on any atom is 0.291 e. The van der Waals surface area contributed by atoms with Gasteiger partial charge < -0.3 is 15.2 Å². The van der Waals surface area contributed by atoms with Gasteiger partial charge in [0.15, 0.2) is 0 Å². The first kappa shape index (κ1) is 18.0. The zero-order valence-corrected chi connectivity index (χ0v) is 15.7. The van der Waals surface area contributed by atoms with Crippen LogP contribution in [0.3, 0.4) is 0 Å². The zero-order valence-electron chi connectivity index (χ0n) is 15.7. The van der Waals surface area contributed by atoms with Crippen LogP contribution in [-0.2, 0) is 6.54 Å². The fourth-order valence-electron chi connectivity index (χ4n) is 2.87. The number of nitrogens with zero attached hydrogens (tertiary/aromatic N) is 3. The third-order valence-corrected chi connectivity index (χ3v) is 3.81. The molecule has 0 amide bonds. The smallest absolute Gasteiger partial charge is 0.291 e. The SMILES string of the molecule is CC(C)N=C(N=CN)c1c[n+]2c([nH]1)-c1ccc(OC(C)C)cc1OCC2. The molecule has 1 aliphatic rings. The number of nitrogens with one attached hydrogen (secondary N) is 1. The summed E-state index contributed by atoms with van der Waals surface area (Å²) in [5, 5.41) is 0. The topological polar surface area (TPSA) is 88.9 Å². The maximum absolute atomic E-state index is 5.92. The van der Waals surface area contributed by atoms with E-state index in [1.54, 1.807) is 0 Å². The molecular formula is C19H26N5O2+. The maximum atomic E-state index is 5.92. The monoisotopic (exact) mass is 356 g/mol. The minimum atomic E-state index is 0.116. The number of hydrogen-bond acceptors (Lipinski definition) is 3. The van der Waals surface area contributed by atoms with Crippen LogP contribution in [0.15, 0.2) is 34.4 Å². The number of ether oxygens (including phenoxy) is 2. The molecule has 0 aliphatic carbocycles. The molecule has 138 valence electrons. The van der Waals surface area contributed by atoms with E-state index in [1.807, 2.05) is 52.1 Å². The molecule has 3 N–H and O–H groups in total. The van der Waals surface area contributed by atoms with Crippen LogP contribution in [0.4, 0.5) is 0 Å². The van der Waals surface area contributed by atoms with Gasteiger partial charge in [-0.25, -0.2) is 14.5 Å².